The van der Waals surface area contributed by atoms with Crippen molar-refractivity contribution in [3.63, 3.8) is 0 Å². The summed E-state index contributed by atoms with van der Waals surface area (Å²) in [5.41, 5.74) is 0.930. The summed E-state index contributed by atoms with van der Waals surface area (Å²) in [6, 6.07) is 8.15. The molecule has 0 amide bonds. The largest absolute Gasteiger partial charge is 0.497 e. The summed E-state index contributed by atoms with van der Waals surface area (Å²) >= 11 is 0. The van der Waals surface area contributed by atoms with Gasteiger partial charge in [-0.15, -0.1) is 0 Å². The molecule has 3 rings (SSSR count). The number of ether oxygens (including phenoxy) is 2. The number of hydrogen-bond acceptors (Lipinski definition) is 5. The lowest BCUT2D eigenvalue weighted by atomic mass is 10.1. The van der Waals surface area contributed by atoms with Crippen LogP contribution in [0, 0.1) is 0 Å². The van der Waals surface area contributed by atoms with Crippen LogP contribution >= 0.6 is 0 Å². The van der Waals surface area contributed by atoms with E-state index in [0.717, 1.165) is 17.9 Å². The molecule has 22 heavy (non-hydrogen) atoms. The highest BCUT2D eigenvalue weighted by Gasteiger charge is 2.13. The minimum atomic E-state index is 0.437. The van der Waals surface area contributed by atoms with Gasteiger partial charge >= 0.3 is 0 Å². The topological polar surface area (TPSA) is 56.3 Å². The molecule has 2 heterocycles. The van der Waals surface area contributed by atoms with Crippen molar-refractivity contribution in [3.8, 4) is 22.9 Å². The summed E-state index contributed by atoms with van der Waals surface area (Å²) in [4.78, 5) is 8.75. The van der Waals surface area contributed by atoms with Crippen molar-refractivity contribution in [1.82, 2.24) is 15.3 Å². The average Bonchev–Trinajstić information content (AvgIpc) is 2.61. The molecule has 1 aromatic heterocycles. The SMILES string of the molecule is COc1cccc(-c2ncc(OCC3CCCCN3)cn2)c1. The third kappa shape index (κ3) is 3.74. The van der Waals surface area contributed by atoms with E-state index in [1.54, 1.807) is 19.5 Å². The standard InChI is InChI=1S/C17H21N3O2/c1-21-15-7-4-5-13(9-15)17-19-10-16(11-20-17)22-12-14-6-2-3-8-18-14/h4-5,7,9-11,14,18H,2-3,6,8,12H2,1H3. The van der Waals surface area contributed by atoms with Crippen molar-refractivity contribution in [2.24, 2.45) is 0 Å². The molecule has 1 fully saturated rings. The van der Waals surface area contributed by atoms with E-state index in [0.29, 0.717) is 24.2 Å². The summed E-state index contributed by atoms with van der Waals surface area (Å²) in [5, 5.41) is 3.46. The molecule has 0 saturated carbocycles. The molecule has 1 aliphatic rings. The molecule has 1 N–H and O–H groups in total. The van der Waals surface area contributed by atoms with E-state index in [2.05, 4.69) is 15.3 Å². The van der Waals surface area contributed by atoms with Crippen LogP contribution < -0.4 is 14.8 Å². The molecule has 1 saturated heterocycles. The highest BCUT2D eigenvalue weighted by atomic mass is 16.5. The van der Waals surface area contributed by atoms with Crippen LogP contribution in [-0.2, 0) is 0 Å². The number of piperidine rings is 1. The van der Waals surface area contributed by atoms with Crippen LogP contribution in [0.2, 0.25) is 0 Å². The molecule has 1 aromatic carbocycles. The zero-order valence-corrected chi connectivity index (χ0v) is 12.8. The fourth-order valence-corrected chi connectivity index (χ4v) is 2.57. The van der Waals surface area contributed by atoms with E-state index in [1.807, 2.05) is 24.3 Å². The van der Waals surface area contributed by atoms with Crippen molar-refractivity contribution in [1.29, 1.82) is 0 Å². The number of hydrogen-bond donors (Lipinski definition) is 1. The Kier molecular flexibility index (Phi) is 4.85. The van der Waals surface area contributed by atoms with Crippen molar-refractivity contribution in [2.45, 2.75) is 25.3 Å². The zero-order valence-electron chi connectivity index (χ0n) is 12.8. The van der Waals surface area contributed by atoms with Crippen molar-refractivity contribution >= 4 is 0 Å². The van der Waals surface area contributed by atoms with E-state index in [4.69, 9.17) is 9.47 Å². The molecule has 5 heteroatoms. The van der Waals surface area contributed by atoms with Gasteiger partial charge in [0.05, 0.1) is 19.5 Å². The lowest BCUT2D eigenvalue weighted by Gasteiger charge is -2.23. The normalized spacial score (nSPS) is 18.0. The predicted octanol–water partition coefficient (Wildman–Crippen LogP) is 2.67. The van der Waals surface area contributed by atoms with Gasteiger partial charge in [0.2, 0.25) is 0 Å². The molecule has 0 bridgehead atoms. The summed E-state index contributed by atoms with van der Waals surface area (Å²) in [6.07, 6.45) is 7.15. The summed E-state index contributed by atoms with van der Waals surface area (Å²) in [5.74, 6) is 2.17. The van der Waals surface area contributed by atoms with Crippen molar-refractivity contribution < 1.29 is 9.47 Å². The van der Waals surface area contributed by atoms with Crippen LogP contribution in [0.15, 0.2) is 36.7 Å². The van der Waals surface area contributed by atoms with Gasteiger partial charge in [0.25, 0.3) is 0 Å². The Morgan fingerprint density at radius 3 is 2.77 bits per heavy atom. The highest BCUT2D eigenvalue weighted by molar-refractivity contribution is 5.57. The van der Waals surface area contributed by atoms with E-state index >= 15 is 0 Å². The van der Waals surface area contributed by atoms with Gasteiger partial charge in [0, 0.05) is 11.6 Å². The van der Waals surface area contributed by atoms with Gasteiger partial charge in [-0.05, 0) is 31.5 Å². The maximum absolute atomic E-state index is 5.77. The summed E-state index contributed by atoms with van der Waals surface area (Å²) in [6.45, 7) is 1.75. The van der Waals surface area contributed by atoms with Crippen LogP contribution in [0.25, 0.3) is 11.4 Å². The van der Waals surface area contributed by atoms with Crippen LogP contribution in [0.3, 0.4) is 0 Å². The van der Waals surface area contributed by atoms with Gasteiger partial charge in [0.1, 0.15) is 12.4 Å². The second-order valence-electron chi connectivity index (χ2n) is 5.43. The average molecular weight is 299 g/mol. The van der Waals surface area contributed by atoms with E-state index < -0.39 is 0 Å². The Labute approximate surface area is 130 Å². The molecule has 116 valence electrons. The Morgan fingerprint density at radius 1 is 1.18 bits per heavy atom. The first-order valence-corrected chi connectivity index (χ1v) is 7.68. The third-order valence-electron chi connectivity index (χ3n) is 3.82. The Hall–Kier alpha value is -2.14. The lowest BCUT2D eigenvalue weighted by molar-refractivity contribution is 0.237. The zero-order chi connectivity index (χ0) is 15.2. The highest BCUT2D eigenvalue weighted by Crippen LogP contribution is 2.21. The number of rotatable bonds is 5. The van der Waals surface area contributed by atoms with E-state index in [9.17, 15) is 0 Å². The smallest absolute Gasteiger partial charge is 0.159 e. The molecule has 0 spiro atoms. The van der Waals surface area contributed by atoms with E-state index in [1.165, 1.54) is 19.3 Å². The maximum atomic E-state index is 5.77. The van der Waals surface area contributed by atoms with Crippen LogP contribution in [-0.4, -0.2) is 36.3 Å². The number of nitrogens with one attached hydrogen (secondary N) is 1. The van der Waals surface area contributed by atoms with Crippen molar-refractivity contribution in [2.75, 3.05) is 20.3 Å². The first kappa shape index (κ1) is 14.8. The van der Waals surface area contributed by atoms with Crippen LogP contribution in [0.5, 0.6) is 11.5 Å². The Morgan fingerprint density at radius 2 is 2.05 bits per heavy atom. The molecule has 0 aliphatic carbocycles. The van der Waals surface area contributed by atoms with Crippen LogP contribution in [0.4, 0.5) is 0 Å². The molecular formula is C17H21N3O2. The number of aromatic nitrogens is 2. The second kappa shape index (κ2) is 7.22. The van der Waals surface area contributed by atoms with Gasteiger partial charge in [-0.2, -0.15) is 0 Å². The number of benzene rings is 1. The van der Waals surface area contributed by atoms with Gasteiger partial charge in [0.15, 0.2) is 11.6 Å². The van der Waals surface area contributed by atoms with Gasteiger partial charge in [-0.3, -0.25) is 0 Å². The first-order chi connectivity index (χ1) is 10.8. The monoisotopic (exact) mass is 299 g/mol. The van der Waals surface area contributed by atoms with E-state index in [-0.39, 0.29) is 0 Å². The fourth-order valence-electron chi connectivity index (χ4n) is 2.57. The maximum Gasteiger partial charge on any atom is 0.159 e. The molecule has 5 nitrogen and oxygen atoms in total. The minimum absolute atomic E-state index is 0.437. The summed E-state index contributed by atoms with van der Waals surface area (Å²) < 4.78 is 11.0. The predicted molar refractivity (Wildman–Crippen MR) is 85.2 cm³/mol. The Bertz CT molecular complexity index is 595. The van der Waals surface area contributed by atoms with Gasteiger partial charge in [-0.25, -0.2) is 9.97 Å². The summed E-state index contributed by atoms with van der Waals surface area (Å²) in [7, 11) is 1.65. The number of nitrogens with zero attached hydrogens (tertiary/aromatic N) is 2. The van der Waals surface area contributed by atoms with Crippen LogP contribution in [0.1, 0.15) is 19.3 Å². The lowest BCUT2D eigenvalue weighted by Crippen LogP contribution is -2.38. The molecule has 2 aromatic rings. The molecule has 0 radical (unpaired) electrons. The van der Waals surface area contributed by atoms with Gasteiger partial charge < -0.3 is 14.8 Å². The third-order valence-corrected chi connectivity index (χ3v) is 3.82. The Balaban J connectivity index is 1.61. The molecule has 1 aliphatic heterocycles. The first-order valence-electron chi connectivity index (χ1n) is 7.68. The number of methoxy groups -OCH3 is 1. The molecule has 1 atom stereocenters. The molecular weight excluding hydrogens is 278 g/mol. The fraction of sp³-hybridized carbons (Fsp3) is 0.412. The van der Waals surface area contributed by atoms with Crippen molar-refractivity contribution in [3.05, 3.63) is 36.7 Å². The quantitative estimate of drug-likeness (QED) is 0.920. The molecule has 1 unspecified atom stereocenters. The minimum Gasteiger partial charge on any atom is -0.497 e. The van der Waals surface area contributed by atoms with Gasteiger partial charge in [-0.1, -0.05) is 18.6 Å². The second-order valence-corrected chi connectivity index (χ2v) is 5.43.